The van der Waals surface area contributed by atoms with Crippen molar-refractivity contribution in [2.45, 2.75) is 13.3 Å². The molecule has 2 aromatic rings. The van der Waals surface area contributed by atoms with Gasteiger partial charge in [-0.1, -0.05) is 45.7 Å². The van der Waals surface area contributed by atoms with Gasteiger partial charge < -0.3 is 4.90 Å². The van der Waals surface area contributed by atoms with Crippen LogP contribution in [-0.4, -0.2) is 13.0 Å². The minimum absolute atomic E-state index is 0.0172. The van der Waals surface area contributed by atoms with E-state index in [2.05, 4.69) is 15.9 Å². The van der Waals surface area contributed by atoms with E-state index in [4.69, 9.17) is 11.6 Å². The van der Waals surface area contributed by atoms with Crippen molar-refractivity contribution in [2.75, 3.05) is 11.9 Å². The van der Waals surface area contributed by atoms with Gasteiger partial charge in [-0.25, -0.2) is 0 Å². The van der Waals surface area contributed by atoms with Crippen LogP contribution in [-0.2, 0) is 11.2 Å². The van der Waals surface area contributed by atoms with Crippen molar-refractivity contribution >= 4 is 39.1 Å². The molecule has 0 aliphatic heterocycles. The number of hydrogen-bond donors (Lipinski definition) is 0. The van der Waals surface area contributed by atoms with Crippen LogP contribution in [0.4, 0.5) is 5.69 Å². The van der Waals surface area contributed by atoms with Gasteiger partial charge in [0.25, 0.3) is 0 Å². The molecule has 0 saturated heterocycles. The molecule has 2 aromatic carbocycles. The first-order valence-electron chi connectivity index (χ1n) is 6.25. The van der Waals surface area contributed by atoms with Gasteiger partial charge in [-0.3, -0.25) is 4.79 Å². The highest BCUT2D eigenvalue weighted by Gasteiger charge is 2.14. The Morgan fingerprint density at radius 2 is 1.95 bits per heavy atom. The molecule has 2 rings (SSSR count). The number of carbonyl (C=O) groups excluding carboxylic acids is 1. The normalized spacial score (nSPS) is 10.4. The third-order valence-electron chi connectivity index (χ3n) is 3.19. The van der Waals surface area contributed by atoms with Gasteiger partial charge in [0.2, 0.25) is 5.91 Å². The molecule has 4 heteroatoms. The second-order valence-electron chi connectivity index (χ2n) is 4.65. The summed E-state index contributed by atoms with van der Waals surface area (Å²) in [7, 11) is 1.79. The number of halogens is 2. The third-order valence-corrected chi connectivity index (χ3v) is 4.06. The van der Waals surface area contributed by atoms with Gasteiger partial charge in [-0.2, -0.15) is 0 Å². The molecule has 0 unspecified atom stereocenters. The third kappa shape index (κ3) is 3.41. The highest BCUT2D eigenvalue weighted by molar-refractivity contribution is 9.10. The largest absolute Gasteiger partial charge is 0.315 e. The lowest BCUT2D eigenvalue weighted by atomic mass is 10.1. The smallest absolute Gasteiger partial charge is 0.231 e. The molecule has 0 aliphatic rings. The zero-order chi connectivity index (χ0) is 14.7. The van der Waals surface area contributed by atoms with Crippen LogP contribution in [0.2, 0.25) is 5.02 Å². The predicted octanol–water partition coefficient (Wildman–Crippen LogP) is 4.62. The molecule has 0 bridgehead atoms. The average molecular weight is 353 g/mol. The van der Waals surface area contributed by atoms with Gasteiger partial charge in [0.1, 0.15) is 0 Å². The van der Waals surface area contributed by atoms with Crippen molar-refractivity contribution in [3.8, 4) is 0 Å². The molecular formula is C16H15BrClNO. The summed E-state index contributed by atoms with van der Waals surface area (Å²) in [5, 5.41) is 0.627. The average Bonchev–Trinajstić information content (AvgIpc) is 2.40. The zero-order valence-corrected chi connectivity index (χ0v) is 13.7. The Balaban J connectivity index is 2.19. The molecule has 1 amide bonds. The van der Waals surface area contributed by atoms with E-state index in [1.54, 1.807) is 18.0 Å². The summed E-state index contributed by atoms with van der Waals surface area (Å²) in [4.78, 5) is 14.0. The maximum Gasteiger partial charge on any atom is 0.231 e. The molecule has 0 saturated carbocycles. The number of carbonyl (C=O) groups is 1. The lowest BCUT2D eigenvalue weighted by molar-refractivity contribution is -0.117. The van der Waals surface area contributed by atoms with Crippen molar-refractivity contribution in [1.29, 1.82) is 0 Å². The number of rotatable bonds is 3. The molecule has 104 valence electrons. The Bertz CT molecular complexity index is 642. The summed E-state index contributed by atoms with van der Waals surface area (Å²) in [6, 6.07) is 13.3. The Labute approximate surface area is 132 Å². The van der Waals surface area contributed by atoms with Crippen LogP contribution in [0.5, 0.6) is 0 Å². The van der Waals surface area contributed by atoms with Crippen LogP contribution in [0.15, 0.2) is 46.9 Å². The standard InChI is InChI=1S/C16H15BrClNO/c1-11-9-13(17)7-8-15(11)19(2)16(20)10-12-5-3-4-6-14(12)18/h3-9H,10H2,1-2H3. The highest BCUT2D eigenvalue weighted by Crippen LogP contribution is 2.24. The minimum atomic E-state index is 0.0172. The van der Waals surface area contributed by atoms with Gasteiger partial charge in [-0.15, -0.1) is 0 Å². The molecule has 2 nitrogen and oxygen atoms in total. The number of likely N-dealkylation sites (N-methyl/N-ethyl adjacent to an activating group) is 1. The Hall–Kier alpha value is -1.32. The second-order valence-corrected chi connectivity index (χ2v) is 5.97. The number of nitrogens with zero attached hydrogens (tertiary/aromatic N) is 1. The predicted molar refractivity (Wildman–Crippen MR) is 87.4 cm³/mol. The Morgan fingerprint density at radius 1 is 1.25 bits per heavy atom. The van der Waals surface area contributed by atoms with E-state index >= 15 is 0 Å². The zero-order valence-electron chi connectivity index (χ0n) is 11.4. The molecule has 0 radical (unpaired) electrons. The first-order valence-corrected chi connectivity index (χ1v) is 7.42. The monoisotopic (exact) mass is 351 g/mol. The van der Waals surface area contributed by atoms with E-state index in [1.807, 2.05) is 43.3 Å². The number of hydrogen-bond acceptors (Lipinski definition) is 1. The van der Waals surface area contributed by atoms with Gasteiger partial charge in [0.15, 0.2) is 0 Å². The van der Waals surface area contributed by atoms with E-state index in [0.717, 1.165) is 21.3 Å². The summed E-state index contributed by atoms with van der Waals surface area (Å²) >= 11 is 9.52. The molecule has 20 heavy (non-hydrogen) atoms. The quantitative estimate of drug-likeness (QED) is 0.789. The minimum Gasteiger partial charge on any atom is -0.315 e. The van der Waals surface area contributed by atoms with Crippen molar-refractivity contribution in [3.63, 3.8) is 0 Å². The van der Waals surface area contributed by atoms with Gasteiger partial charge in [-0.05, 0) is 42.3 Å². The van der Waals surface area contributed by atoms with Gasteiger partial charge in [0, 0.05) is 22.2 Å². The molecule has 0 aromatic heterocycles. The maximum atomic E-state index is 12.4. The van der Waals surface area contributed by atoms with E-state index in [-0.39, 0.29) is 5.91 Å². The van der Waals surface area contributed by atoms with Gasteiger partial charge in [0.05, 0.1) is 6.42 Å². The number of benzene rings is 2. The molecule has 0 heterocycles. The fourth-order valence-electron chi connectivity index (χ4n) is 2.05. The van der Waals surface area contributed by atoms with Crippen LogP contribution in [0.3, 0.4) is 0 Å². The highest BCUT2D eigenvalue weighted by atomic mass is 79.9. The first kappa shape index (κ1) is 15.1. The Kier molecular flexibility index (Phi) is 4.84. The molecule has 0 spiro atoms. The van der Waals surface area contributed by atoms with Crippen LogP contribution in [0, 0.1) is 6.92 Å². The Morgan fingerprint density at radius 3 is 2.60 bits per heavy atom. The lowest BCUT2D eigenvalue weighted by Gasteiger charge is -2.20. The van der Waals surface area contributed by atoms with Crippen LogP contribution >= 0.6 is 27.5 Å². The van der Waals surface area contributed by atoms with Gasteiger partial charge >= 0.3 is 0 Å². The van der Waals surface area contributed by atoms with Crippen molar-refractivity contribution in [2.24, 2.45) is 0 Å². The van der Waals surface area contributed by atoms with E-state index in [1.165, 1.54) is 0 Å². The fourth-order valence-corrected chi connectivity index (χ4v) is 2.73. The fraction of sp³-hybridized carbons (Fsp3) is 0.188. The summed E-state index contributed by atoms with van der Waals surface area (Å²) in [6.45, 7) is 1.99. The number of amides is 1. The topological polar surface area (TPSA) is 20.3 Å². The van der Waals surface area contributed by atoms with Crippen molar-refractivity contribution in [1.82, 2.24) is 0 Å². The van der Waals surface area contributed by atoms with Crippen molar-refractivity contribution < 1.29 is 4.79 Å². The molecular weight excluding hydrogens is 338 g/mol. The maximum absolute atomic E-state index is 12.4. The first-order chi connectivity index (χ1) is 9.49. The molecule has 0 aliphatic carbocycles. The summed E-state index contributed by atoms with van der Waals surface area (Å²) < 4.78 is 1.01. The summed E-state index contributed by atoms with van der Waals surface area (Å²) in [5.41, 5.74) is 2.81. The molecule has 0 atom stereocenters. The SMILES string of the molecule is Cc1cc(Br)ccc1N(C)C(=O)Cc1ccccc1Cl. The summed E-state index contributed by atoms with van der Waals surface area (Å²) in [5.74, 6) is 0.0172. The van der Waals surface area contributed by atoms with Crippen LogP contribution < -0.4 is 4.90 Å². The molecule has 0 N–H and O–H groups in total. The van der Waals surface area contributed by atoms with Crippen LogP contribution in [0.25, 0.3) is 0 Å². The number of aryl methyl sites for hydroxylation is 1. The van der Waals surface area contributed by atoms with E-state index < -0.39 is 0 Å². The second kappa shape index (κ2) is 6.42. The van der Waals surface area contributed by atoms with E-state index in [9.17, 15) is 4.79 Å². The van der Waals surface area contributed by atoms with Crippen LogP contribution in [0.1, 0.15) is 11.1 Å². The molecule has 0 fully saturated rings. The van der Waals surface area contributed by atoms with Crippen molar-refractivity contribution in [3.05, 3.63) is 63.1 Å². The van der Waals surface area contributed by atoms with E-state index in [0.29, 0.717) is 11.4 Å². The summed E-state index contributed by atoms with van der Waals surface area (Å²) in [6.07, 6.45) is 0.297. The lowest BCUT2D eigenvalue weighted by Crippen LogP contribution is -2.28. The number of anilines is 1.